The van der Waals surface area contributed by atoms with Gasteiger partial charge in [-0.25, -0.2) is 17.6 Å². The molecule has 0 bridgehead atoms. The molecule has 0 amide bonds. The maximum atomic E-state index is 15.3. The molecule has 5 rings (SSSR count). The second kappa shape index (κ2) is 13.4. The zero-order valence-electron chi connectivity index (χ0n) is 24.4. The third kappa shape index (κ3) is 6.63. The van der Waals surface area contributed by atoms with E-state index in [9.17, 15) is 8.78 Å². The van der Waals surface area contributed by atoms with Crippen LogP contribution in [0.4, 0.5) is 17.6 Å². The largest absolute Gasteiger partial charge is 0.203 e. The Labute approximate surface area is 242 Å². The normalized spacial score (nSPS) is 21.1. The summed E-state index contributed by atoms with van der Waals surface area (Å²) in [7, 11) is 0. The van der Waals surface area contributed by atoms with Crippen molar-refractivity contribution in [1.29, 1.82) is 0 Å². The van der Waals surface area contributed by atoms with E-state index in [1.807, 2.05) is 0 Å². The van der Waals surface area contributed by atoms with E-state index in [0.29, 0.717) is 34.6 Å². The molecule has 0 aromatic heterocycles. The van der Waals surface area contributed by atoms with Crippen LogP contribution < -0.4 is 0 Å². The first-order chi connectivity index (χ1) is 19.9. The fourth-order valence-electron chi connectivity index (χ4n) is 6.88. The Morgan fingerprint density at radius 3 is 1.80 bits per heavy atom. The Morgan fingerprint density at radius 1 is 0.610 bits per heavy atom. The summed E-state index contributed by atoms with van der Waals surface area (Å²) >= 11 is 0. The average Bonchev–Trinajstić information content (AvgIpc) is 2.99. The standard InChI is InChI=1S/C37H42F4/c1-3-4-5-6-7-30-20-21-31(35(39)34(30)38)28-16-18-29(19-17-28)33-23-22-32(36(40)37(33)41)27-14-12-26(13-15-27)25-10-8-24(2)9-11-25/h14,16-26H,3-13,15H2,1-2H3. The van der Waals surface area contributed by atoms with Gasteiger partial charge in [-0.05, 0) is 85.0 Å². The third-order valence-electron chi connectivity index (χ3n) is 9.58. The number of halogens is 4. The van der Waals surface area contributed by atoms with Crippen LogP contribution in [-0.2, 0) is 6.42 Å². The Balaban J connectivity index is 1.29. The summed E-state index contributed by atoms with van der Waals surface area (Å²) in [5, 5.41) is 0. The monoisotopic (exact) mass is 562 g/mol. The minimum atomic E-state index is -0.871. The fraction of sp³-hybridized carbons (Fsp3) is 0.459. The minimum Gasteiger partial charge on any atom is -0.203 e. The van der Waals surface area contributed by atoms with Gasteiger partial charge in [-0.1, -0.05) is 101 Å². The molecule has 0 saturated heterocycles. The molecule has 0 nitrogen and oxygen atoms in total. The van der Waals surface area contributed by atoms with E-state index in [1.54, 1.807) is 48.5 Å². The molecule has 0 heterocycles. The lowest BCUT2D eigenvalue weighted by atomic mass is 9.71. The van der Waals surface area contributed by atoms with Crippen molar-refractivity contribution in [2.24, 2.45) is 17.8 Å². The van der Waals surface area contributed by atoms with Crippen molar-refractivity contribution in [1.82, 2.24) is 0 Å². The van der Waals surface area contributed by atoms with Gasteiger partial charge in [0.15, 0.2) is 23.3 Å². The second-order valence-corrected chi connectivity index (χ2v) is 12.4. The number of unbranched alkanes of at least 4 members (excludes halogenated alkanes) is 3. The lowest BCUT2D eigenvalue weighted by Gasteiger charge is -2.34. The van der Waals surface area contributed by atoms with Crippen LogP contribution in [0.25, 0.3) is 27.8 Å². The molecule has 3 aromatic rings. The predicted molar refractivity (Wildman–Crippen MR) is 161 cm³/mol. The van der Waals surface area contributed by atoms with Crippen LogP contribution in [0, 0.1) is 41.0 Å². The van der Waals surface area contributed by atoms with E-state index in [1.165, 1.54) is 25.7 Å². The van der Waals surface area contributed by atoms with Crippen molar-refractivity contribution in [3.8, 4) is 22.3 Å². The van der Waals surface area contributed by atoms with Crippen LogP contribution >= 0.6 is 0 Å². The topological polar surface area (TPSA) is 0 Å². The molecule has 2 aliphatic carbocycles. The molecule has 3 aromatic carbocycles. The highest BCUT2D eigenvalue weighted by Crippen LogP contribution is 2.42. The minimum absolute atomic E-state index is 0.164. The zero-order chi connectivity index (χ0) is 28.9. The van der Waals surface area contributed by atoms with Crippen LogP contribution in [0.5, 0.6) is 0 Å². The quantitative estimate of drug-likeness (QED) is 0.180. The maximum absolute atomic E-state index is 15.3. The predicted octanol–water partition coefficient (Wildman–Crippen LogP) is 11.7. The number of aryl methyl sites for hydroxylation is 1. The molecule has 218 valence electrons. The van der Waals surface area contributed by atoms with Crippen LogP contribution in [0.1, 0.15) is 95.6 Å². The lowest BCUT2D eigenvalue weighted by Crippen LogP contribution is -2.22. The first-order valence-corrected chi connectivity index (χ1v) is 15.6. The number of benzene rings is 3. The smallest absolute Gasteiger partial charge is 0.167 e. The fourth-order valence-corrected chi connectivity index (χ4v) is 6.88. The Bertz CT molecular complexity index is 1360. The van der Waals surface area contributed by atoms with Crippen molar-refractivity contribution < 1.29 is 17.6 Å². The molecule has 1 unspecified atom stereocenters. The number of rotatable bonds is 9. The highest BCUT2D eigenvalue weighted by molar-refractivity contribution is 5.74. The Kier molecular flexibility index (Phi) is 9.68. The van der Waals surface area contributed by atoms with Crippen LogP contribution in [-0.4, -0.2) is 0 Å². The Hall–Kier alpha value is -2.88. The van der Waals surface area contributed by atoms with E-state index in [0.717, 1.165) is 62.4 Å². The summed E-state index contributed by atoms with van der Waals surface area (Å²) in [4.78, 5) is 0. The van der Waals surface area contributed by atoms with Crippen molar-refractivity contribution in [3.63, 3.8) is 0 Å². The van der Waals surface area contributed by atoms with E-state index in [2.05, 4.69) is 19.9 Å². The molecule has 0 N–H and O–H groups in total. The van der Waals surface area contributed by atoms with Gasteiger partial charge in [-0.15, -0.1) is 0 Å². The lowest BCUT2D eigenvalue weighted by molar-refractivity contribution is 0.202. The average molecular weight is 563 g/mol. The van der Waals surface area contributed by atoms with Gasteiger partial charge in [-0.3, -0.25) is 0 Å². The molecular formula is C37H42F4. The molecule has 41 heavy (non-hydrogen) atoms. The van der Waals surface area contributed by atoms with Crippen molar-refractivity contribution in [2.45, 2.75) is 90.9 Å². The summed E-state index contributed by atoms with van der Waals surface area (Å²) in [6, 6.07) is 13.1. The summed E-state index contributed by atoms with van der Waals surface area (Å²) in [5.74, 6) is -1.12. The molecule has 1 atom stereocenters. The van der Waals surface area contributed by atoms with Crippen molar-refractivity contribution in [2.75, 3.05) is 0 Å². The van der Waals surface area contributed by atoms with E-state index in [4.69, 9.17) is 0 Å². The second-order valence-electron chi connectivity index (χ2n) is 12.4. The SMILES string of the molecule is CCCCCCc1ccc(-c2ccc(-c3ccc(C4=CCC(C5CCC(C)CC5)CC4)c(F)c3F)cc2)c(F)c1F. The van der Waals surface area contributed by atoms with E-state index < -0.39 is 23.3 Å². The van der Waals surface area contributed by atoms with Crippen molar-refractivity contribution in [3.05, 3.63) is 89.0 Å². The molecular weight excluding hydrogens is 520 g/mol. The van der Waals surface area contributed by atoms with Crippen LogP contribution in [0.3, 0.4) is 0 Å². The summed E-state index contributed by atoms with van der Waals surface area (Å²) in [6.45, 7) is 4.45. The van der Waals surface area contributed by atoms with Gasteiger partial charge < -0.3 is 0 Å². The first kappa shape index (κ1) is 29.6. The molecule has 0 aliphatic heterocycles. The van der Waals surface area contributed by atoms with Gasteiger partial charge in [0, 0.05) is 16.7 Å². The zero-order valence-corrected chi connectivity index (χ0v) is 24.4. The van der Waals surface area contributed by atoms with Gasteiger partial charge >= 0.3 is 0 Å². The van der Waals surface area contributed by atoms with Gasteiger partial charge in [0.2, 0.25) is 0 Å². The molecule has 1 saturated carbocycles. The van der Waals surface area contributed by atoms with Crippen LogP contribution in [0.2, 0.25) is 0 Å². The summed E-state index contributed by atoms with van der Waals surface area (Å²) in [6.07, 6.45) is 14.6. The summed E-state index contributed by atoms with van der Waals surface area (Å²) in [5.41, 5.74) is 2.96. The summed E-state index contributed by atoms with van der Waals surface area (Å²) < 4.78 is 60.4. The molecule has 0 radical (unpaired) electrons. The van der Waals surface area contributed by atoms with Gasteiger partial charge in [-0.2, -0.15) is 0 Å². The molecule has 2 aliphatic rings. The molecule has 1 fully saturated rings. The Morgan fingerprint density at radius 2 is 1.20 bits per heavy atom. The van der Waals surface area contributed by atoms with Crippen LogP contribution in [0.15, 0.2) is 54.6 Å². The van der Waals surface area contributed by atoms with Crippen molar-refractivity contribution >= 4 is 5.57 Å². The molecule has 4 heteroatoms. The van der Waals surface area contributed by atoms with Gasteiger partial charge in [0.25, 0.3) is 0 Å². The van der Waals surface area contributed by atoms with E-state index in [-0.39, 0.29) is 11.1 Å². The van der Waals surface area contributed by atoms with Gasteiger partial charge in [0.05, 0.1) is 0 Å². The number of hydrogen-bond donors (Lipinski definition) is 0. The van der Waals surface area contributed by atoms with E-state index >= 15 is 8.78 Å². The number of allylic oxidation sites excluding steroid dienone is 2. The highest BCUT2D eigenvalue weighted by atomic mass is 19.2. The van der Waals surface area contributed by atoms with Gasteiger partial charge in [0.1, 0.15) is 0 Å². The first-order valence-electron chi connectivity index (χ1n) is 15.6. The third-order valence-corrected chi connectivity index (χ3v) is 9.58. The highest BCUT2D eigenvalue weighted by Gasteiger charge is 2.28. The number of hydrogen-bond acceptors (Lipinski definition) is 0. The maximum Gasteiger partial charge on any atom is 0.167 e. The molecule has 0 spiro atoms.